The van der Waals surface area contributed by atoms with Gasteiger partial charge in [-0.25, -0.2) is 13.1 Å². The number of benzene rings is 1. The smallest absolute Gasteiger partial charge is 0.303 e. The van der Waals surface area contributed by atoms with E-state index in [0.29, 0.717) is 12.3 Å². The zero-order chi connectivity index (χ0) is 19.7. The first-order chi connectivity index (χ1) is 12.8. The summed E-state index contributed by atoms with van der Waals surface area (Å²) in [5, 5.41) is 9.86. The van der Waals surface area contributed by atoms with Crippen molar-refractivity contribution in [2.45, 2.75) is 51.0 Å². The predicted octanol–water partition coefficient (Wildman–Crippen LogP) is 4.71. The second-order valence-corrected chi connectivity index (χ2v) is 9.37. The minimum Gasteiger partial charge on any atom is -0.481 e. The molecule has 1 fully saturated rings. The van der Waals surface area contributed by atoms with Gasteiger partial charge in [-0.05, 0) is 61.8 Å². The molecule has 7 heteroatoms. The van der Waals surface area contributed by atoms with Crippen LogP contribution in [-0.2, 0) is 14.8 Å². The van der Waals surface area contributed by atoms with Gasteiger partial charge in [0.05, 0.1) is 0 Å². The molecule has 0 aliphatic heterocycles. The largest absolute Gasteiger partial charge is 0.481 e. The highest BCUT2D eigenvalue weighted by Crippen LogP contribution is 2.26. The molecule has 0 spiro atoms. The number of carbonyl (C=O) groups is 1. The van der Waals surface area contributed by atoms with Crippen molar-refractivity contribution in [2.75, 3.05) is 0 Å². The minimum atomic E-state index is -3.48. The molecule has 5 nitrogen and oxygen atoms in total. The van der Waals surface area contributed by atoms with E-state index >= 15 is 0 Å². The summed E-state index contributed by atoms with van der Waals surface area (Å²) >= 11 is 3.35. The highest BCUT2D eigenvalue weighted by molar-refractivity contribution is 9.10. The van der Waals surface area contributed by atoms with Crippen molar-refractivity contribution >= 4 is 38.0 Å². The first-order valence-corrected chi connectivity index (χ1v) is 11.5. The Morgan fingerprint density at radius 1 is 1.26 bits per heavy atom. The van der Waals surface area contributed by atoms with Crippen LogP contribution in [0, 0.1) is 5.92 Å². The highest BCUT2D eigenvalue weighted by atomic mass is 79.9. The Balaban J connectivity index is 1.83. The summed E-state index contributed by atoms with van der Waals surface area (Å²) in [6.45, 7) is 0. The molecule has 148 valence electrons. The van der Waals surface area contributed by atoms with Crippen LogP contribution in [0.3, 0.4) is 0 Å². The molecule has 1 aliphatic carbocycles. The van der Waals surface area contributed by atoms with Crippen LogP contribution in [0.15, 0.2) is 46.3 Å². The van der Waals surface area contributed by atoms with Gasteiger partial charge in [0.15, 0.2) is 0 Å². The number of rotatable bonds is 9. The lowest BCUT2D eigenvalue weighted by Gasteiger charge is -2.27. The average molecular weight is 456 g/mol. The van der Waals surface area contributed by atoms with Crippen LogP contribution in [0.2, 0.25) is 0 Å². The fraction of sp³-hybridized carbons (Fsp3) is 0.450. The maximum Gasteiger partial charge on any atom is 0.303 e. The number of nitrogens with one attached hydrogen (secondary N) is 1. The average Bonchev–Trinajstić information content (AvgIpc) is 2.61. The maximum absolute atomic E-state index is 12.3. The molecule has 0 radical (unpaired) electrons. The Morgan fingerprint density at radius 3 is 2.70 bits per heavy atom. The van der Waals surface area contributed by atoms with Crippen LogP contribution in [0.4, 0.5) is 0 Å². The Morgan fingerprint density at radius 2 is 2.00 bits per heavy atom. The van der Waals surface area contributed by atoms with E-state index in [9.17, 15) is 13.2 Å². The molecule has 2 rings (SSSR count). The number of unbranched alkanes of at least 4 members (excludes halogenated alkanes) is 1. The van der Waals surface area contributed by atoms with Crippen LogP contribution in [0.5, 0.6) is 0 Å². The van der Waals surface area contributed by atoms with Crippen LogP contribution < -0.4 is 4.72 Å². The lowest BCUT2D eigenvalue weighted by Crippen LogP contribution is -2.37. The van der Waals surface area contributed by atoms with Crippen LogP contribution >= 0.6 is 15.9 Å². The van der Waals surface area contributed by atoms with Crippen molar-refractivity contribution in [3.8, 4) is 0 Å². The topological polar surface area (TPSA) is 83.5 Å². The lowest BCUT2D eigenvalue weighted by molar-refractivity contribution is -0.137. The van der Waals surface area contributed by atoms with Crippen LogP contribution in [-0.4, -0.2) is 25.5 Å². The molecule has 2 unspecified atom stereocenters. The van der Waals surface area contributed by atoms with E-state index in [1.807, 2.05) is 30.3 Å². The molecule has 2 N–H and O–H groups in total. The minimum absolute atomic E-state index is 0.0630. The zero-order valence-corrected chi connectivity index (χ0v) is 17.6. The van der Waals surface area contributed by atoms with Gasteiger partial charge in [-0.3, -0.25) is 4.79 Å². The molecule has 1 aliphatic rings. The highest BCUT2D eigenvalue weighted by Gasteiger charge is 2.23. The molecule has 0 aromatic heterocycles. The lowest BCUT2D eigenvalue weighted by atomic mass is 9.86. The Labute approximate surface area is 169 Å². The van der Waals surface area contributed by atoms with Crippen molar-refractivity contribution < 1.29 is 18.3 Å². The first kappa shape index (κ1) is 21.9. The molecule has 0 amide bonds. The van der Waals surface area contributed by atoms with Crippen molar-refractivity contribution in [2.24, 2.45) is 5.92 Å². The van der Waals surface area contributed by atoms with Crippen molar-refractivity contribution in [3.05, 3.63) is 51.9 Å². The molecular formula is C20H26BrNO4S. The second kappa shape index (κ2) is 10.8. The molecular weight excluding hydrogens is 430 g/mol. The molecule has 0 saturated heterocycles. The van der Waals surface area contributed by atoms with E-state index in [-0.39, 0.29) is 12.5 Å². The van der Waals surface area contributed by atoms with Gasteiger partial charge in [0.2, 0.25) is 10.0 Å². The van der Waals surface area contributed by atoms with Gasteiger partial charge >= 0.3 is 5.97 Å². The third-order valence-electron chi connectivity index (χ3n) is 4.53. The third-order valence-corrected chi connectivity index (χ3v) is 6.21. The van der Waals surface area contributed by atoms with Gasteiger partial charge in [0.25, 0.3) is 0 Å². The van der Waals surface area contributed by atoms with Crippen LogP contribution in [0.25, 0.3) is 6.08 Å². The van der Waals surface area contributed by atoms with Crippen LogP contribution in [0.1, 0.15) is 50.5 Å². The van der Waals surface area contributed by atoms with Gasteiger partial charge in [-0.2, -0.15) is 0 Å². The number of hydrogen-bond donors (Lipinski definition) is 2. The number of aliphatic carboxylic acids is 1. The normalized spacial score (nSPS) is 21.1. The summed E-state index contributed by atoms with van der Waals surface area (Å²) in [7, 11) is -3.48. The zero-order valence-electron chi connectivity index (χ0n) is 15.2. The van der Waals surface area contributed by atoms with E-state index in [1.54, 1.807) is 6.08 Å². The molecule has 2 atom stereocenters. The second-order valence-electron chi connectivity index (χ2n) is 6.85. The van der Waals surface area contributed by atoms with Crippen molar-refractivity contribution in [3.63, 3.8) is 0 Å². The molecule has 1 aromatic rings. The van der Waals surface area contributed by atoms with Gasteiger partial charge in [-0.1, -0.05) is 46.6 Å². The van der Waals surface area contributed by atoms with Gasteiger partial charge in [0.1, 0.15) is 0 Å². The first-order valence-electron chi connectivity index (χ1n) is 9.18. The summed E-state index contributed by atoms with van der Waals surface area (Å²) < 4.78 is 28.4. The SMILES string of the molecule is O=C(O)CCC/C=C/C1CCCC(NS(=O)(=O)/C=C/c2ccc(Br)cc2)C1. The van der Waals surface area contributed by atoms with Gasteiger partial charge < -0.3 is 5.11 Å². The maximum atomic E-state index is 12.3. The fourth-order valence-electron chi connectivity index (χ4n) is 3.18. The summed E-state index contributed by atoms with van der Waals surface area (Å²) in [5.74, 6) is -0.432. The van der Waals surface area contributed by atoms with E-state index in [1.165, 1.54) is 5.41 Å². The summed E-state index contributed by atoms with van der Waals surface area (Å²) in [6, 6.07) is 7.37. The Kier molecular flexibility index (Phi) is 8.73. The molecule has 27 heavy (non-hydrogen) atoms. The molecule has 1 aromatic carbocycles. The molecule has 0 heterocycles. The molecule has 1 saturated carbocycles. The van der Waals surface area contributed by atoms with Gasteiger partial charge in [0, 0.05) is 22.3 Å². The fourth-order valence-corrected chi connectivity index (χ4v) is 4.54. The van der Waals surface area contributed by atoms with E-state index in [0.717, 1.165) is 42.1 Å². The Bertz CT molecular complexity index is 772. The monoisotopic (exact) mass is 455 g/mol. The van der Waals surface area contributed by atoms with E-state index in [4.69, 9.17) is 5.11 Å². The van der Waals surface area contributed by atoms with Crippen molar-refractivity contribution in [1.82, 2.24) is 4.72 Å². The number of sulfonamides is 1. The number of allylic oxidation sites excluding steroid dienone is 2. The molecule has 0 bridgehead atoms. The summed E-state index contributed by atoms with van der Waals surface area (Å²) in [6.07, 6.45) is 10.9. The van der Waals surface area contributed by atoms with Crippen molar-refractivity contribution in [1.29, 1.82) is 0 Å². The van der Waals surface area contributed by atoms with E-state index in [2.05, 4.69) is 26.7 Å². The number of carboxylic acid groups (broad SMARTS) is 1. The number of halogens is 1. The quantitative estimate of drug-likeness (QED) is 0.417. The number of hydrogen-bond acceptors (Lipinski definition) is 3. The number of carboxylic acids is 1. The van der Waals surface area contributed by atoms with E-state index < -0.39 is 16.0 Å². The summed E-state index contributed by atoms with van der Waals surface area (Å²) in [5.41, 5.74) is 0.828. The third kappa shape index (κ3) is 8.86. The Hall–Kier alpha value is -1.44. The predicted molar refractivity (Wildman–Crippen MR) is 112 cm³/mol. The standard InChI is InChI=1S/C20H26BrNO4S/c21-18-11-9-16(10-12-18)13-14-27(25,26)22-19-7-4-6-17(15-19)5-2-1-3-8-20(23)24/h2,5,9-14,17,19,22H,1,3-4,6-8,15H2,(H,23,24)/b5-2+,14-13+. The summed E-state index contributed by atoms with van der Waals surface area (Å²) in [4.78, 5) is 10.5. The van der Waals surface area contributed by atoms with Gasteiger partial charge in [-0.15, -0.1) is 0 Å².